The van der Waals surface area contributed by atoms with Crippen molar-refractivity contribution >= 4 is 33.2 Å². The molecule has 1 saturated heterocycles. The van der Waals surface area contributed by atoms with Crippen molar-refractivity contribution in [2.75, 3.05) is 18.1 Å². The van der Waals surface area contributed by atoms with Crippen LogP contribution in [-0.2, 0) is 24.2 Å². The summed E-state index contributed by atoms with van der Waals surface area (Å²) >= 11 is 0. The fourth-order valence-corrected chi connectivity index (χ4v) is 4.00. The summed E-state index contributed by atoms with van der Waals surface area (Å²) in [5, 5.41) is 2.61. The van der Waals surface area contributed by atoms with E-state index in [2.05, 4.69) is 5.32 Å². The van der Waals surface area contributed by atoms with Gasteiger partial charge in [0.2, 0.25) is 17.7 Å². The number of amides is 3. The van der Waals surface area contributed by atoms with Crippen LogP contribution in [0, 0.1) is 11.8 Å². The van der Waals surface area contributed by atoms with Gasteiger partial charge in [0.15, 0.2) is 9.84 Å². The smallest absolute Gasteiger partial charge is 0.233 e. The summed E-state index contributed by atoms with van der Waals surface area (Å²) in [4.78, 5) is 38.1. The summed E-state index contributed by atoms with van der Waals surface area (Å²) in [6.07, 6.45) is 6.02. The molecule has 1 aromatic rings. The van der Waals surface area contributed by atoms with E-state index in [1.165, 1.54) is 23.1 Å². The van der Waals surface area contributed by atoms with Crippen LogP contribution in [0.1, 0.15) is 19.3 Å². The minimum atomic E-state index is -3.37. The number of carbonyl (C=O) groups is 3. The minimum Gasteiger partial charge on any atom is -0.326 e. The van der Waals surface area contributed by atoms with Crippen molar-refractivity contribution < 1.29 is 22.8 Å². The monoisotopic (exact) mass is 376 g/mol. The Bertz CT molecular complexity index is 865. The SMILES string of the molecule is CS(=O)(=O)c1cccc(NC(=O)CCN2C(=O)C3CC=CCC3C2=O)c1. The van der Waals surface area contributed by atoms with E-state index in [9.17, 15) is 22.8 Å². The maximum Gasteiger partial charge on any atom is 0.233 e. The molecule has 1 aromatic carbocycles. The number of nitrogens with one attached hydrogen (secondary N) is 1. The van der Waals surface area contributed by atoms with E-state index in [4.69, 9.17) is 0 Å². The van der Waals surface area contributed by atoms with E-state index in [1.54, 1.807) is 6.07 Å². The van der Waals surface area contributed by atoms with Crippen LogP contribution >= 0.6 is 0 Å². The van der Waals surface area contributed by atoms with Crippen LogP contribution in [0.5, 0.6) is 0 Å². The highest BCUT2D eigenvalue weighted by Crippen LogP contribution is 2.35. The van der Waals surface area contributed by atoms with Crippen LogP contribution in [0.2, 0.25) is 0 Å². The lowest BCUT2D eigenvalue weighted by atomic mass is 9.85. The second-order valence-electron chi connectivity index (χ2n) is 6.58. The molecule has 1 aliphatic carbocycles. The highest BCUT2D eigenvalue weighted by atomic mass is 32.2. The molecule has 7 nitrogen and oxygen atoms in total. The second-order valence-corrected chi connectivity index (χ2v) is 8.60. The number of allylic oxidation sites excluding steroid dienone is 2. The van der Waals surface area contributed by atoms with Gasteiger partial charge < -0.3 is 5.32 Å². The number of carbonyl (C=O) groups excluding carboxylic acids is 3. The number of hydrogen-bond acceptors (Lipinski definition) is 5. The first kappa shape index (κ1) is 18.3. The summed E-state index contributed by atoms with van der Waals surface area (Å²) in [5.74, 6) is -1.42. The molecular weight excluding hydrogens is 356 g/mol. The summed E-state index contributed by atoms with van der Waals surface area (Å²) < 4.78 is 23.1. The molecule has 0 spiro atoms. The molecule has 138 valence electrons. The largest absolute Gasteiger partial charge is 0.326 e. The summed E-state index contributed by atoms with van der Waals surface area (Å²) in [7, 11) is -3.37. The Balaban J connectivity index is 1.60. The summed E-state index contributed by atoms with van der Waals surface area (Å²) in [6, 6.07) is 5.94. The average molecular weight is 376 g/mol. The van der Waals surface area contributed by atoms with Gasteiger partial charge in [-0.2, -0.15) is 0 Å². The molecule has 2 atom stereocenters. The fourth-order valence-electron chi connectivity index (χ4n) is 3.33. The van der Waals surface area contributed by atoms with Gasteiger partial charge in [0.05, 0.1) is 16.7 Å². The van der Waals surface area contributed by atoms with Crippen molar-refractivity contribution in [1.82, 2.24) is 4.90 Å². The lowest BCUT2D eigenvalue weighted by molar-refractivity contribution is -0.140. The van der Waals surface area contributed by atoms with Gasteiger partial charge in [0.25, 0.3) is 0 Å². The first-order chi connectivity index (χ1) is 12.3. The Morgan fingerprint density at radius 3 is 2.35 bits per heavy atom. The van der Waals surface area contributed by atoms with Gasteiger partial charge in [0.1, 0.15) is 0 Å². The predicted molar refractivity (Wildman–Crippen MR) is 94.9 cm³/mol. The molecule has 0 radical (unpaired) electrons. The number of fused-ring (bicyclic) bond motifs is 1. The molecule has 2 aliphatic rings. The van der Waals surface area contributed by atoms with Crippen molar-refractivity contribution in [2.45, 2.75) is 24.2 Å². The molecule has 0 bridgehead atoms. The molecule has 0 aromatic heterocycles. The quantitative estimate of drug-likeness (QED) is 0.618. The number of benzene rings is 1. The molecular formula is C18H20N2O5S. The zero-order valence-corrected chi connectivity index (χ0v) is 15.2. The Labute approximate surface area is 152 Å². The first-order valence-corrected chi connectivity index (χ1v) is 10.3. The summed E-state index contributed by atoms with van der Waals surface area (Å²) in [5.41, 5.74) is 0.356. The molecule has 1 aliphatic heterocycles. The zero-order valence-electron chi connectivity index (χ0n) is 14.3. The number of nitrogens with zero attached hydrogens (tertiary/aromatic N) is 1. The van der Waals surface area contributed by atoms with Gasteiger partial charge in [-0.1, -0.05) is 18.2 Å². The lowest BCUT2D eigenvalue weighted by Gasteiger charge is -2.14. The van der Waals surface area contributed by atoms with Crippen LogP contribution in [0.25, 0.3) is 0 Å². The van der Waals surface area contributed by atoms with Crippen LogP contribution in [0.3, 0.4) is 0 Å². The first-order valence-electron chi connectivity index (χ1n) is 8.37. The third-order valence-electron chi connectivity index (χ3n) is 4.71. The number of rotatable bonds is 5. The van der Waals surface area contributed by atoms with Gasteiger partial charge >= 0.3 is 0 Å². The van der Waals surface area contributed by atoms with E-state index >= 15 is 0 Å². The van der Waals surface area contributed by atoms with Crippen LogP contribution < -0.4 is 5.32 Å². The Morgan fingerprint density at radius 2 is 1.77 bits per heavy atom. The van der Waals surface area contributed by atoms with Crippen LogP contribution in [-0.4, -0.2) is 43.8 Å². The van der Waals surface area contributed by atoms with Crippen LogP contribution in [0.15, 0.2) is 41.3 Å². The van der Waals surface area contributed by atoms with E-state index in [0.717, 1.165) is 6.26 Å². The standard InChI is InChI=1S/C18H20N2O5S/c1-26(24,25)13-6-4-5-12(11-13)19-16(21)9-10-20-17(22)14-7-2-3-8-15(14)18(20)23/h2-6,11,14-15H,7-10H2,1H3,(H,19,21). The molecule has 0 saturated carbocycles. The molecule has 8 heteroatoms. The van der Waals surface area contributed by atoms with Crippen molar-refractivity contribution in [3.63, 3.8) is 0 Å². The molecule has 1 heterocycles. The lowest BCUT2D eigenvalue weighted by Crippen LogP contribution is -2.34. The highest BCUT2D eigenvalue weighted by molar-refractivity contribution is 7.90. The molecule has 26 heavy (non-hydrogen) atoms. The van der Waals surface area contributed by atoms with Crippen molar-refractivity contribution in [3.8, 4) is 0 Å². The molecule has 3 amide bonds. The number of anilines is 1. The Kier molecular flexibility index (Phi) is 4.95. The Hall–Kier alpha value is -2.48. The van der Waals surface area contributed by atoms with Crippen molar-refractivity contribution in [1.29, 1.82) is 0 Å². The second kappa shape index (κ2) is 7.03. The molecule has 1 fully saturated rings. The van der Waals surface area contributed by atoms with Crippen molar-refractivity contribution in [2.24, 2.45) is 11.8 Å². The number of imide groups is 1. The maximum atomic E-state index is 12.3. The molecule has 2 unspecified atom stereocenters. The van der Waals surface area contributed by atoms with Gasteiger partial charge in [-0.15, -0.1) is 0 Å². The summed E-state index contributed by atoms with van der Waals surface area (Å²) in [6.45, 7) is 0.0300. The predicted octanol–water partition coefficient (Wildman–Crippen LogP) is 1.37. The van der Waals surface area contributed by atoms with Gasteiger partial charge in [0, 0.05) is 24.9 Å². The van der Waals surface area contributed by atoms with E-state index in [0.29, 0.717) is 18.5 Å². The average Bonchev–Trinajstić information content (AvgIpc) is 2.84. The number of hydrogen-bond donors (Lipinski definition) is 1. The maximum absolute atomic E-state index is 12.3. The molecule has 3 rings (SSSR count). The minimum absolute atomic E-state index is 0.0300. The zero-order chi connectivity index (χ0) is 18.9. The normalized spacial score (nSPS) is 22.4. The van der Waals surface area contributed by atoms with Crippen LogP contribution in [0.4, 0.5) is 5.69 Å². The van der Waals surface area contributed by atoms with Gasteiger partial charge in [-0.3, -0.25) is 19.3 Å². The number of sulfone groups is 1. The fraction of sp³-hybridized carbons (Fsp3) is 0.389. The van der Waals surface area contributed by atoms with E-state index < -0.39 is 9.84 Å². The van der Waals surface area contributed by atoms with Gasteiger partial charge in [-0.25, -0.2) is 8.42 Å². The van der Waals surface area contributed by atoms with Crippen molar-refractivity contribution in [3.05, 3.63) is 36.4 Å². The highest BCUT2D eigenvalue weighted by Gasteiger charge is 2.46. The molecule has 1 N–H and O–H groups in total. The van der Waals surface area contributed by atoms with Gasteiger partial charge in [-0.05, 0) is 31.0 Å². The van der Waals surface area contributed by atoms with E-state index in [1.807, 2.05) is 12.2 Å². The number of likely N-dealkylation sites (tertiary alicyclic amines) is 1. The Morgan fingerprint density at radius 1 is 1.15 bits per heavy atom. The third-order valence-corrected chi connectivity index (χ3v) is 5.82. The van der Waals surface area contributed by atoms with E-state index in [-0.39, 0.29) is 47.4 Å². The topological polar surface area (TPSA) is 101 Å². The third kappa shape index (κ3) is 3.70.